The van der Waals surface area contributed by atoms with Crippen LogP contribution in [0.4, 0.5) is 5.69 Å². The van der Waals surface area contributed by atoms with Gasteiger partial charge >= 0.3 is 5.97 Å². The van der Waals surface area contributed by atoms with E-state index in [4.69, 9.17) is 0 Å². The van der Waals surface area contributed by atoms with E-state index >= 15 is 0 Å². The summed E-state index contributed by atoms with van der Waals surface area (Å²) in [6.45, 7) is 2.93. The number of sulfonamides is 1. The highest BCUT2D eigenvalue weighted by atomic mass is 32.2. The Morgan fingerprint density at radius 2 is 2.04 bits per heavy atom. The largest absolute Gasteiger partial charge is 0.469 e. The van der Waals surface area contributed by atoms with Crippen LogP contribution in [0.25, 0.3) is 0 Å². The lowest BCUT2D eigenvalue weighted by atomic mass is 10.0. The lowest BCUT2D eigenvalue weighted by Gasteiger charge is -2.29. The van der Waals surface area contributed by atoms with Crippen molar-refractivity contribution in [3.63, 3.8) is 0 Å². The minimum atomic E-state index is -3.75. The number of hydrogen-bond donors (Lipinski definition) is 0. The molecule has 0 atom stereocenters. The van der Waals surface area contributed by atoms with Crippen LogP contribution in [0.5, 0.6) is 0 Å². The molecule has 0 saturated carbocycles. The van der Waals surface area contributed by atoms with Gasteiger partial charge in [-0.05, 0) is 30.9 Å². The third-order valence-electron chi connectivity index (χ3n) is 4.30. The Hall–Kier alpha value is -1.65. The van der Waals surface area contributed by atoms with Crippen LogP contribution in [0, 0.1) is 16.0 Å². The molecule has 0 aromatic heterocycles. The summed E-state index contributed by atoms with van der Waals surface area (Å²) in [7, 11) is -2.48. The highest BCUT2D eigenvalue weighted by Crippen LogP contribution is 2.33. The van der Waals surface area contributed by atoms with Crippen LogP contribution in [-0.2, 0) is 19.6 Å². The molecule has 1 aromatic rings. The summed E-state index contributed by atoms with van der Waals surface area (Å²) in [5.41, 5.74) is -0.272. The molecule has 1 fully saturated rings. The number of ether oxygens (including phenoxy) is 1. The Labute approximate surface area is 157 Å². The van der Waals surface area contributed by atoms with Gasteiger partial charge in [0.1, 0.15) is 0 Å². The summed E-state index contributed by atoms with van der Waals surface area (Å²) in [5, 5.41) is 11.4. The zero-order valence-electron chi connectivity index (χ0n) is 14.7. The van der Waals surface area contributed by atoms with Gasteiger partial charge in [0.05, 0.1) is 28.2 Å². The molecular formula is C16H22N2O6S2. The van der Waals surface area contributed by atoms with Crippen molar-refractivity contribution in [3.8, 4) is 0 Å². The van der Waals surface area contributed by atoms with Crippen molar-refractivity contribution in [3.05, 3.63) is 28.3 Å². The average molecular weight is 402 g/mol. The molecule has 8 nitrogen and oxygen atoms in total. The fourth-order valence-corrected chi connectivity index (χ4v) is 5.07. The lowest BCUT2D eigenvalue weighted by molar-refractivity contribution is -0.388. The minimum absolute atomic E-state index is 0.0731. The van der Waals surface area contributed by atoms with Gasteiger partial charge in [0.15, 0.2) is 0 Å². The van der Waals surface area contributed by atoms with E-state index in [0.717, 1.165) is 30.7 Å². The molecule has 0 unspecified atom stereocenters. The third-order valence-corrected chi connectivity index (χ3v) is 7.26. The van der Waals surface area contributed by atoms with Crippen molar-refractivity contribution in [2.75, 3.05) is 26.0 Å². The fraction of sp³-hybridized carbons (Fsp3) is 0.562. The number of carbonyl (C=O) groups excluding carboxylic acids is 1. The van der Waals surface area contributed by atoms with E-state index in [-0.39, 0.29) is 17.0 Å². The molecule has 0 bridgehead atoms. The molecule has 26 heavy (non-hydrogen) atoms. The number of rotatable bonds is 7. The second-order valence-electron chi connectivity index (χ2n) is 6.15. The van der Waals surface area contributed by atoms with Crippen LogP contribution < -0.4 is 0 Å². The Morgan fingerprint density at radius 1 is 1.38 bits per heavy atom. The summed E-state index contributed by atoms with van der Waals surface area (Å²) < 4.78 is 31.4. The third kappa shape index (κ3) is 4.95. The van der Waals surface area contributed by atoms with Crippen LogP contribution in [0.1, 0.15) is 26.2 Å². The first-order valence-electron chi connectivity index (χ1n) is 8.24. The molecule has 144 valence electrons. The first kappa shape index (κ1) is 20.7. The van der Waals surface area contributed by atoms with Crippen molar-refractivity contribution in [2.24, 2.45) is 5.92 Å². The highest BCUT2D eigenvalue weighted by molar-refractivity contribution is 7.99. The predicted octanol–water partition coefficient (Wildman–Crippen LogP) is 2.67. The smallest absolute Gasteiger partial charge is 0.306 e. The minimum Gasteiger partial charge on any atom is -0.469 e. The summed E-state index contributed by atoms with van der Waals surface area (Å²) in [6.07, 6.45) is 1.68. The van der Waals surface area contributed by atoms with Gasteiger partial charge in [0.2, 0.25) is 10.0 Å². The molecule has 1 aliphatic rings. The van der Waals surface area contributed by atoms with E-state index in [0.29, 0.717) is 29.7 Å². The molecule has 10 heteroatoms. The van der Waals surface area contributed by atoms with E-state index in [9.17, 15) is 23.3 Å². The lowest BCUT2D eigenvalue weighted by Crippen LogP contribution is -2.37. The van der Waals surface area contributed by atoms with E-state index in [1.54, 1.807) is 0 Å². The van der Waals surface area contributed by atoms with Gasteiger partial charge in [-0.3, -0.25) is 14.9 Å². The Bertz CT molecular complexity index is 773. The number of benzene rings is 1. The normalized spacial score (nSPS) is 16.4. The van der Waals surface area contributed by atoms with Crippen molar-refractivity contribution < 1.29 is 22.9 Å². The molecule has 1 aliphatic heterocycles. The van der Waals surface area contributed by atoms with Crippen molar-refractivity contribution >= 4 is 33.4 Å². The number of carbonyl (C=O) groups is 1. The number of nitrogens with zero attached hydrogens (tertiary/aromatic N) is 2. The SMILES string of the molecule is COC(=O)CCSc1ccc(S(=O)(=O)N2CCC(C)CC2)cc1[N+](=O)[O-]. The van der Waals surface area contributed by atoms with Gasteiger partial charge in [0.25, 0.3) is 5.69 Å². The van der Waals surface area contributed by atoms with E-state index in [1.807, 2.05) is 0 Å². The molecule has 0 radical (unpaired) electrons. The Balaban J connectivity index is 2.21. The molecule has 2 rings (SSSR count). The summed E-state index contributed by atoms with van der Waals surface area (Å²) in [6, 6.07) is 3.92. The monoisotopic (exact) mass is 402 g/mol. The van der Waals surface area contributed by atoms with Gasteiger partial charge in [0, 0.05) is 24.9 Å². The van der Waals surface area contributed by atoms with Crippen LogP contribution >= 0.6 is 11.8 Å². The molecule has 1 heterocycles. The predicted molar refractivity (Wildman–Crippen MR) is 97.6 cm³/mol. The second kappa shape index (κ2) is 8.83. The Morgan fingerprint density at radius 3 is 2.62 bits per heavy atom. The van der Waals surface area contributed by atoms with Crippen LogP contribution in [0.2, 0.25) is 0 Å². The van der Waals surface area contributed by atoms with Gasteiger partial charge in [-0.1, -0.05) is 6.92 Å². The van der Waals surface area contributed by atoms with Gasteiger partial charge < -0.3 is 4.74 Å². The molecule has 1 aromatic carbocycles. The fourth-order valence-electron chi connectivity index (χ4n) is 2.64. The number of thioether (sulfide) groups is 1. The maximum Gasteiger partial charge on any atom is 0.306 e. The number of esters is 1. The van der Waals surface area contributed by atoms with Crippen molar-refractivity contribution in [1.82, 2.24) is 4.31 Å². The standard InChI is InChI=1S/C16H22N2O6S2/c1-12-5-8-17(9-6-12)26(22,23)13-3-4-15(14(11-13)18(20)21)25-10-7-16(19)24-2/h3-4,11-12H,5-10H2,1-2H3. The number of methoxy groups -OCH3 is 1. The zero-order chi connectivity index (χ0) is 19.3. The maximum absolute atomic E-state index is 12.8. The number of hydrogen-bond acceptors (Lipinski definition) is 7. The van der Waals surface area contributed by atoms with Crippen molar-refractivity contribution in [2.45, 2.75) is 36.0 Å². The zero-order valence-corrected chi connectivity index (χ0v) is 16.3. The topological polar surface area (TPSA) is 107 Å². The van der Waals surface area contributed by atoms with Crippen LogP contribution in [0.15, 0.2) is 28.0 Å². The number of nitro benzene ring substituents is 1. The molecule has 0 amide bonds. The number of nitro groups is 1. The molecule has 0 N–H and O–H groups in total. The van der Waals surface area contributed by atoms with E-state index in [1.165, 1.54) is 23.5 Å². The van der Waals surface area contributed by atoms with Crippen molar-refractivity contribution in [1.29, 1.82) is 0 Å². The first-order chi connectivity index (χ1) is 12.3. The van der Waals surface area contributed by atoms with Gasteiger partial charge in [-0.15, -0.1) is 11.8 Å². The van der Waals surface area contributed by atoms with Crippen LogP contribution in [0.3, 0.4) is 0 Å². The van der Waals surface area contributed by atoms with Gasteiger partial charge in [-0.25, -0.2) is 8.42 Å². The molecular weight excluding hydrogens is 380 g/mol. The summed E-state index contributed by atoms with van der Waals surface area (Å²) >= 11 is 1.12. The second-order valence-corrected chi connectivity index (χ2v) is 9.22. The number of piperidine rings is 1. The first-order valence-corrected chi connectivity index (χ1v) is 10.7. The van der Waals surface area contributed by atoms with E-state index in [2.05, 4.69) is 11.7 Å². The molecule has 0 spiro atoms. The summed E-state index contributed by atoms with van der Waals surface area (Å²) in [5.74, 6) is 0.381. The van der Waals surface area contributed by atoms with Crippen LogP contribution in [-0.4, -0.2) is 49.6 Å². The summed E-state index contributed by atoms with van der Waals surface area (Å²) in [4.78, 5) is 22.2. The maximum atomic E-state index is 12.8. The quantitative estimate of drug-likeness (QED) is 0.299. The molecule has 0 aliphatic carbocycles. The highest BCUT2D eigenvalue weighted by Gasteiger charge is 2.30. The Kier molecular flexibility index (Phi) is 7.01. The van der Waals surface area contributed by atoms with Gasteiger partial charge in [-0.2, -0.15) is 4.31 Å². The average Bonchev–Trinajstić information content (AvgIpc) is 2.61. The van der Waals surface area contributed by atoms with E-state index < -0.39 is 20.9 Å². The molecule has 1 saturated heterocycles.